The summed E-state index contributed by atoms with van der Waals surface area (Å²) in [5, 5.41) is 0. The monoisotopic (exact) mass is 305 g/mol. The molecule has 0 heterocycles. The predicted octanol–water partition coefficient (Wildman–Crippen LogP) is 5.63. The summed E-state index contributed by atoms with van der Waals surface area (Å²) in [6, 6.07) is 29.6. The highest BCUT2D eigenvalue weighted by atomic mass is 32.1. The topological polar surface area (TPSA) is 3.24 Å². The lowest BCUT2D eigenvalue weighted by Crippen LogP contribution is -2.09. The van der Waals surface area contributed by atoms with Crippen LogP contribution in [0.1, 0.15) is 5.56 Å². The quantitative estimate of drug-likeness (QED) is 0.598. The van der Waals surface area contributed by atoms with E-state index in [1.165, 1.54) is 11.3 Å². The van der Waals surface area contributed by atoms with E-state index in [4.69, 9.17) is 0 Å². The molecule has 0 radical (unpaired) electrons. The van der Waals surface area contributed by atoms with E-state index < -0.39 is 0 Å². The Labute approximate surface area is 137 Å². The Hall–Kier alpha value is -2.19. The van der Waals surface area contributed by atoms with Crippen LogP contribution in [0.5, 0.6) is 0 Å². The van der Waals surface area contributed by atoms with Gasteiger partial charge in [0.1, 0.15) is 0 Å². The van der Waals surface area contributed by atoms with Gasteiger partial charge >= 0.3 is 0 Å². The molecular formula is C20H19NS. The molecule has 3 aromatic carbocycles. The van der Waals surface area contributed by atoms with E-state index in [2.05, 4.69) is 90.3 Å². The first-order valence-corrected chi connectivity index (χ1v) is 8.12. The molecule has 3 aromatic rings. The fourth-order valence-electron chi connectivity index (χ4n) is 2.54. The molecule has 0 aromatic heterocycles. The Kier molecular flexibility index (Phi) is 4.81. The molecule has 0 atom stereocenters. The van der Waals surface area contributed by atoms with Gasteiger partial charge in [0, 0.05) is 17.1 Å². The molecule has 0 unspecified atom stereocenters. The number of benzene rings is 3. The molecular weight excluding hydrogens is 286 g/mol. The zero-order valence-corrected chi connectivity index (χ0v) is 13.3. The highest BCUT2D eigenvalue weighted by Crippen LogP contribution is 2.33. The molecule has 0 amide bonds. The summed E-state index contributed by atoms with van der Waals surface area (Å²) >= 11 is 4.30. The maximum Gasteiger partial charge on any atom is 0.0461 e. The van der Waals surface area contributed by atoms with Crippen LogP contribution in [0.4, 0.5) is 17.1 Å². The van der Waals surface area contributed by atoms with Gasteiger partial charge in [-0.1, -0.05) is 48.5 Å². The molecule has 0 fully saturated rings. The molecule has 3 rings (SSSR count). The zero-order valence-electron chi connectivity index (χ0n) is 12.4. The first-order chi connectivity index (χ1) is 10.9. The number of nitrogens with zero attached hydrogens (tertiary/aromatic N) is 1. The van der Waals surface area contributed by atoms with Crippen molar-refractivity contribution in [1.82, 2.24) is 0 Å². The van der Waals surface area contributed by atoms with Crippen LogP contribution in [0.15, 0.2) is 84.9 Å². The lowest BCUT2D eigenvalue weighted by Gasteiger charge is -2.25. The normalized spacial score (nSPS) is 10.4. The van der Waals surface area contributed by atoms with Crippen LogP contribution in [-0.4, -0.2) is 5.75 Å². The number of anilines is 3. The molecule has 1 nitrogen and oxygen atoms in total. The first-order valence-electron chi connectivity index (χ1n) is 7.48. The highest BCUT2D eigenvalue weighted by molar-refractivity contribution is 7.80. The first kappa shape index (κ1) is 14.7. The lowest BCUT2D eigenvalue weighted by molar-refractivity contribution is 1.16. The van der Waals surface area contributed by atoms with Crippen molar-refractivity contribution >= 4 is 29.7 Å². The Morgan fingerprint density at radius 2 is 1.05 bits per heavy atom. The van der Waals surface area contributed by atoms with E-state index in [9.17, 15) is 0 Å². The van der Waals surface area contributed by atoms with Gasteiger partial charge in [0.25, 0.3) is 0 Å². The van der Waals surface area contributed by atoms with Crippen LogP contribution in [0.2, 0.25) is 0 Å². The van der Waals surface area contributed by atoms with E-state index in [0.717, 1.165) is 23.5 Å². The fraction of sp³-hybridized carbons (Fsp3) is 0.100. The summed E-state index contributed by atoms with van der Waals surface area (Å²) in [5.41, 5.74) is 4.81. The van der Waals surface area contributed by atoms with Crippen molar-refractivity contribution in [2.45, 2.75) is 6.42 Å². The Bertz CT molecular complexity index is 653. The standard InChI is InChI=1S/C20H19NS/c22-16-15-17-11-13-20(14-12-17)21(18-7-3-1-4-8-18)19-9-5-2-6-10-19/h1-14,22H,15-16H2. The van der Waals surface area contributed by atoms with Gasteiger partial charge < -0.3 is 4.90 Å². The van der Waals surface area contributed by atoms with Crippen molar-refractivity contribution in [2.75, 3.05) is 10.7 Å². The van der Waals surface area contributed by atoms with Gasteiger partial charge in [-0.25, -0.2) is 0 Å². The van der Waals surface area contributed by atoms with E-state index in [1.54, 1.807) is 0 Å². The van der Waals surface area contributed by atoms with Gasteiger partial charge in [-0.15, -0.1) is 0 Å². The number of rotatable bonds is 5. The second kappa shape index (κ2) is 7.19. The van der Waals surface area contributed by atoms with Gasteiger partial charge in [-0.3, -0.25) is 0 Å². The highest BCUT2D eigenvalue weighted by Gasteiger charge is 2.11. The van der Waals surface area contributed by atoms with E-state index in [0.29, 0.717) is 0 Å². The van der Waals surface area contributed by atoms with Crippen LogP contribution in [0, 0.1) is 0 Å². The van der Waals surface area contributed by atoms with E-state index in [1.807, 2.05) is 12.1 Å². The second-order valence-electron chi connectivity index (χ2n) is 5.15. The number of para-hydroxylation sites is 2. The molecule has 0 aliphatic heterocycles. The summed E-state index contributed by atoms with van der Waals surface area (Å²) in [6.07, 6.45) is 1.00. The van der Waals surface area contributed by atoms with E-state index >= 15 is 0 Å². The molecule has 0 aliphatic rings. The smallest absolute Gasteiger partial charge is 0.0461 e. The summed E-state index contributed by atoms with van der Waals surface area (Å²) < 4.78 is 0. The largest absolute Gasteiger partial charge is 0.311 e. The minimum Gasteiger partial charge on any atom is -0.311 e. The Morgan fingerprint density at radius 3 is 1.50 bits per heavy atom. The van der Waals surface area contributed by atoms with Crippen molar-refractivity contribution < 1.29 is 0 Å². The molecule has 0 bridgehead atoms. The van der Waals surface area contributed by atoms with Crippen molar-refractivity contribution in [1.29, 1.82) is 0 Å². The zero-order chi connectivity index (χ0) is 15.2. The molecule has 0 aliphatic carbocycles. The van der Waals surface area contributed by atoms with Gasteiger partial charge in [-0.05, 0) is 54.1 Å². The molecule has 0 N–H and O–H groups in total. The third-order valence-corrected chi connectivity index (χ3v) is 3.85. The number of hydrogen-bond acceptors (Lipinski definition) is 2. The minimum atomic E-state index is 0.875. The molecule has 22 heavy (non-hydrogen) atoms. The Balaban J connectivity index is 2.02. The summed E-state index contributed by atoms with van der Waals surface area (Å²) in [6.45, 7) is 0. The van der Waals surface area contributed by atoms with Crippen LogP contribution in [-0.2, 0) is 6.42 Å². The molecule has 0 saturated heterocycles. The SMILES string of the molecule is SCCc1ccc(N(c2ccccc2)c2ccccc2)cc1. The summed E-state index contributed by atoms with van der Waals surface area (Å²) in [7, 11) is 0. The average Bonchev–Trinajstić information content (AvgIpc) is 2.59. The molecule has 110 valence electrons. The number of aryl methyl sites for hydroxylation is 1. The second-order valence-corrected chi connectivity index (χ2v) is 5.59. The number of hydrogen-bond donors (Lipinski definition) is 1. The lowest BCUT2D eigenvalue weighted by atomic mass is 10.1. The van der Waals surface area contributed by atoms with Crippen LogP contribution in [0.3, 0.4) is 0 Å². The maximum atomic E-state index is 4.30. The van der Waals surface area contributed by atoms with Gasteiger partial charge in [-0.2, -0.15) is 12.6 Å². The van der Waals surface area contributed by atoms with Crippen molar-refractivity contribution in [3.8, 4) is 0 Å². The number of thiol groups is 1. The Morgan fingerprint density at radius 1 is 0.591 bits per heavy atom. The van der Waals surface area contributed by atoms with Crippen molar-refractivity contribution in [2.24, 2.45) is 0 Å². The van der Waals surface area contributed by atoms with Gasteiger partial charge in [0.15, 0.2) is 0 Å². The summed E-state index contributed by atoms with van der Waals surface area (Å²) in [5.74, 6) is 0.875. The van der Waals surface area contributed by atoms with Crippen LogP contribution < -0.4 is 4.90 Å². The molecule has 0 saturated carbocycles. The van der Waals surface area contributed by atoms with Crippen molar-refractivity contribution in [3.05, 3.63) is 90.5 Å². The third kappa shape index (κ3) is 3.34. The van der Waals surface area contributed by atoms with Crippen molar-refractivity contribution in [3.63, 3.8) is 0 Å². The minimum absolute atomic E-state index is 0.875. The predicted molar refractivity (Wildman–Crippen MR) is 98.7 cm³/mol. The van der Waals surface area contributed by atoms with Crippen LogP contribution in [0.25, 0.3) is 0 Å². The molecule has 2 heteroatoms. The van der Waals surface area contributed by atoms with E-state index in [-0.39, 0.29) is 0 Å². The van der Waals surface area contributed by atoms with Crippen LogP contribution >= 0.6 is 12.6 Å². The van der Waals surface area contributed by atoms with Gasteiger partial charge in [0.05, 0.1) is 0 Å². The summed E-state index contributed by atoms with van der Waals surface area (Å²) in [4.78, 5) is 2.27. The fourth-order valence-corrected chi connectivity index (χ4v) is 2.80. The molecule has 0 spiro atoms. The third-order valence-electron chi connectivity index (χ3n) is 3.62. The van der Waals surface area contributed by atoms with Gasteiger partial charge in [0.2, 0.25) is 0 Å². The average molecular weight is 305 g/mol. The maximum absolute atomic E-state index is 4.30.